The molecule has 2 fully saturated rings. The van der Waals surface area contributed by atoms with Crippen molar-refractivity contribution >= 4 is 46.2 Å². The SMILES string of the molecule is O=C(Cc1sc2c(c1-c1nc(C3CC3)no1)CCOC2)c1cccnc1C(=O)O.O=C(O)c1cccnc1C(=O)Cc1sc2c(c1-c1nc(C3CC3)no1)CCOC2. The molecule has 10 rings (SSSR count). The molecule has 0 atom stereocenters. The van der Waals surface area contributed by atoms with Crippen molar-refractivity contribution in [3.63, 3.8) is 0 Å². The van der Waals surface area contributed by atoms with Gasteiger partial charge in [0.1, 0.15) is 5.69 Å². The number of ketones is 2. The zero-order chi connectivity index (χ0) is 39.9. The van der Waals surface area contributed by atoms with Crippen LogP contribution in [0.3, 0.4) is 0 Å². The van der Waals surface area contributed by atoms with Crippen LogP contribution in [-0.2, 0) is 48.4 Å². The molecule has 0 aromatic carbocycles. The molecule has 16 nitrogen and oxygen atoms in total. The number of rotatable bonds is 12. The van der Waals surface area contributed by atoms with Crippen molar-refractivity contribution in [2.24, 2.45) is 0 Å². The largest absolute Gasteiger partial charge is 0.478 e. The Morgan fingerprint density at radius 3 is 1.66 bits per heavy atom. The van der Waals surface area contributed by atoms with E-state index >= 15 is 0 Å². The lowest BCUT2D eigenvalue weighted by Gasteiger charge is -2.12. The van der Waals surface area contributed by atoms with E-state index in [0.29, 0.717) is 74.5 Å². The first kappa shape index (κ1) is 37.7. The number of carbonyl (C=O) groups excluding carboxylic acids is 2. The van der Waals surface area contributed by atoms with Crippen LogP contribution < -0.4 is 0 Å². The van der Waals surface area contributed by atoms with Crippen LogP contribution in [0.25, 0.3) is 22.9 Å². The fraction of sp³-hybridized carbons (Fsp3) is 0.350. The van der Waals surface area contributed by atoms with Crippen LogP contribution in [0.1, 0.15) is 121 Å². The van der Waals surface area contributed by atoms with Crippen molar-refractivity contribution in [3.8, 4) is 22.9 Å². The van der Waals surface area contributed by atoms with Gasteiger partial charge < -0.3 is 28.7 Å². The van der Waals surface area contributed by atoms with Gasteiger partial charge in [0.05, 0.1) is 48.7 Å². The van der Waals surface area contributed by atoms with Crippen molar-refractivity contribution in [1.82, 2.24) is 30.2 Å². The van der Waals surface area contributed by atoms with Gasteiger partial charge in [-0.3, -0.25) is 14.6 Å². The number of nitrogens with zero attached hydrogens (tertiary/aromatic N) is 6. The Balaban J connectivity index is 0.000000150. The molecule has 0 spiro atoms. The van der Waals surface area contributed by atoms with Crippen molar-refractivity contribution in [3.05, 3.63) is 101 Å². The molecule has 8 heterocycles. The molecule has 4 aliphatic rings. The molecule has 0 radical (unpaired) electrons. The maximum Gasteiger partial charge on any atom is 0.355 e. The van der Waals surface area contributed by atoms with E-state index < -0.39 is 11.9 Å². The normalized spacial score (nSPS) is 15.9. The van der Waals surface area contributed by atoms with E-state index in [9.17, 15) is 29.4 Å². The predicted octanol–water partition coefficient (Wildman–Crippen LogP) is 6.53. The lowest BCUT2D eigenvalue weighted by molar-refractivity contribution is 0.0679. The predicted molar refractivity (Wildman–Crippen MR) is 204 cm³/mol. The van der Waals surface area contributed by atoms with Gasteiger partial charge in [-0.05, 0) is 73.9 Å². The van der Waals surface area contributed by atoms with E-state index in [0.717, 1.165) is 67.4 Å². The number of aromatic carboxylic acids is 2. The van der Waals surface area contributed by atoms with E-state index in [1.807, 2.05) is 0 Å². The second-order valence-corrected chi connectivity index (χ2v) is 16.7. The molecule has 2 aliphatic heterocycles. The van der Waals surface area contributed by atoms with E-state index in [-0.39, 0.29) is 46.9 Å². The average Bonchev–Trinajstić information content (AvgIpc) is 4.08. The summed E-state index contributed by atoms with van der Waals surface area (Å²) in [5.41, 5.74) is 3.48. The van der Waals surface area contributed by atoms with Crippen LogP contribution in [0, 0.1) is 0 Å². The van der Waals surface area contributed by atoms with Gasteiger partial charge in [-0.1, -0.05) is 10.3 Å². The standard InChI is InChI=1S/2C20H17N3O5S/c24-13(17-12(20(25)26)2-1-6-21-17)8-14-16(11-5-7-27-9-15(11)29-14)19-22-18(23-28-19)10-3-4-10;24-13(11-2-1-6-21-17(11)20(25)26)8-14-16(12-5-7-27-9-15(12)29-14)19-22-18(23-28-19)10-3-4-10/h2*1-2,6,10H,3-5,7-9H2,(H,25,26). The third-order valence-electron chi connectivity index (χ3n) is 10.2. The molecule has 58 heavy (non-hydrogen) atoms. The molecule has 2 N–H and O–H groups in total. The van der Waals surface area contributed by atoms with E-state index in [1.54, 1.807) is 6.07 Å². The number of fused-ring (bicyclic) bond motifs is 2. The minimum absolute atomic E-state index is 0.0193. The smallest absolute Gasteiger partial charge is 0.355 e. The monoisotopic (exact) mass is 822 g/mol. The highest BCUT2D eigenvalue weighted by atomic mass is 32.1. The molecule has 2 aliphatic carbocycles. The summed E-state index contributed by atoms with van der Waals surface area (Å²) in [6.07, 6.45) is 8.54. The highest BCUT2D eigenvalue weighted by Gasteiger charge is 2.34. The highest BCUT2D eigenvalue weighted by Crippen LogP contribution is 2.44. The van der Waals surface area contributed by atoms with Gasteiger partial charge in [-0.2, -0.15) is 9.97 Å². The second-order valence-electron chi connectivity index (χ2n) is 14.3. The number of ether oxygens (including phenoxy) is 2. The topological polar surface area (TPSA) is 231 Å². The number of aromatic nitrogens is 6. The summed E-state index contributed by atoms with van der Waals surface area (Å²) in [5.74, 6) is -0.0560. The Hall–Kier alpha value is -5.82. The first-order valence-electron chi connectivity index (χ1n) is 18.8. The maximum absolute atomic E-state index is 13.0. The van der Waals surface area contributed by atoms with Gasteiger partial charge in [0.25, 0.3) is 11.8 Å². The van der Waals surface area contributed by atoms with E-state index in [4.69, 9.17) is 18.5 Å². The van der Waals surface area contributed by atoms with Crippen molar-refractivity contribution in [2.45, 2.75) is 76.4 Å². The molecule has 18 heteroatoms. The Kier molecular flexibility index (Phi) is 10.3. The number of hydrogen-bond donors (Lipinski definition) is 2. The van der Waals surface area contributed by atoms with Crippen molar-refractivity contribution in [1.29, 1.82) is 0 Å². The maximum atomic E-state index is 13.0. The van der Waals surface area contributed by atoms with Crippen LogP contribution in [0.2, 0.25) is 0 Å². The third-order valence-corrected chi connectivity index (χ3v) is 12.6. The van der Waals surface area contributed by atoms with Gasteiger partial charge in [0.15, 0.2) is 28.9 Å². The zero-order valence-electron chi connectivity index (χ0n) is 30.8. The number of carbonyl (C=O) groups is 4. The highest BCUT2D eigenvalue weighted by molar-refractivity contribution is 7.13. The summed E-state index contributed by atoms with van der Waals surface area (Å²) in [4.78, 5) is 69.5. The van der Waals surface area contributed by atoms with Crippen LogP contribution in [-0.4, -0.2) is 77.2 Å². The lowest BCUT2D eigenvalue weighted by atomic mass is 9.99. The number of Topliss-reactive ketones (excluding diaryl/α,β-unsaturated/α-hetero) is 2. The molecule has 0 unspecified atom stereocenters. The van der Waals surface area contributed by atoms with Crippen molar-refractivity contribution in [2.75, 3.05) is 13.2 Å². The van der Waals surface area contributed by atoms with E-state index in [2.05, 4.69) is 30.2 Å². The molecule has 2 saturated carbocycles. The van der Waals surface area contributed by atoms with Crippen LogP contribution >= 0.6 is 22.7 Å². The molecule has 6 aromatic heterocycles. The minimum Gasteiger partial charge on any atom is -0.478 e. The fourth-order valence-electron chi connectivity index (χ4n) is 7.08. The lowest BCUT2D eigenvalue weighted by Crippen LogP contribution is -2.13. The minimum atomic E-state index is -1.22. The Morgan fingerprint density at radius 1 is 0.655 bits per heavy atom. The fourth-order valence-corrected chi connectivity index (χ4v) is 9.65. The molecule has 296 valence electrons. The summed E-state index contributed by atoms with van der Waals surface area (Å²) in [7, 11) is 0. The first-order chi connectivity index (χ1) is 28.2. The van der Waals surface area contributed by atoms with Gasteiger partial charge >= 0.3 is 11.9 Å². The van der Waals surface area contributed by atoms with Gasteiger partial charge in [0.2, 0.25) is 0 Å². The molecule has 0 saturated heterocycles. The number of thiophene rings is 2. The molecule has 6 aromatic rings. The summed E-state index contributed by atoms with van der Waals surface area (Å²) in [6, 6.07) is 5.95. The molecular formula is C40H34N6O10S2. The summed E-state index contributed by atoms with van der Waals surface area (Å²) < 4.78 is 22.2. The van der Waals surface area contributed by atoms with Gasteiger partial charge in [-0.25, -0.2) is 14.6 Å². The van der Waals surface area contributed by atoms with Crippen molar-refractivity contribution < 1.29 is 47.9 Å². The number of carboxylic acids is 2. The van der Waals surface area contributed by atoms with Crippen LogP contribution in [0.4, 0.5) is 0 Å². The zero-order valence-corrected chi connectivity index (χ0v) is 32.4. The molecule has 0 bridgehead atoms. The number of pyridine rings is 2. The number of carboxylic acid groups (broad SMARTS) is 2. The third kappa shape index (κ3) is 7.62. The van der Waals surface area contributed by atoms with Gasteiger partial charge in [-0.15, -0.1) is 22.7 Å². The van der Waals surface area contributed by atoms with E-state index in [1.165, 1.54) is 53.3 Å². The summed E-state index contributed by atoms with van der Waals surface area (Å²) in [5, 5.41) is 26.9. The molecular weight excluding hydrogens is 789 g/mol. The summed E-state index contributed by atoms with van der Waals surface area (Å²) in [6.45, 7) is 2.16. The average molecular weight is 823 g/mol. The summed E-state index contributed by atoms with van der Waals surface area (Å²) >= 11 is 2.96. The number of hydrogen-bond acceptors (Lipinski definition) is 16. The Morgan fingerprint density at radius 2 is 1.16 bits per heavy atom. The second kappa shape index (κ2) is 15.8. The van der Waals surface area contributed by atoms with Gasteiger partial charge in [0, 0.05) is 56.6 Å². The van der Waals surface area contributed by atoms with Crippen LogP contribution in [0.15, 0.2) is 45.7 Å². The quantitative estimate of drug-likeness (QED) is 0.125. The Bertz CT molecular complexity index is 2410. The molecule has 0 amide bonds. The first-order valence-corrected chi connectivity index (χ1v) is 20.4. The Labute approximate surface area is 337 Å². The van der Waals surface area contributed by atoms with Crippen LogP contribution in [0.5, 0.6) is 0 Å².